The lowest BCUT2D eigenvalue weighted by atomic mass is 9.84. The molecule has 3 aliphatic rings. The summed E-state index contributed by atoms with van der Waals surface area (Å²) in [7, 11) is 0. The van der Waals surface area contributed by atoms with E-state index in [1.54, 1.807) is 0 Å². The summed E-state index contributed by atoms with van der Waals surface area (Å²) in [5, 5.41) is 3.69. The SMILES string of the molecule is CCNC1CCN(C2CCN3CCCC3C2)C(C)C1C. The van der Waals surface area contributed by atoms with Gasteiger partial charge < -0.3 is 10.2 Å². The molecule has 0 aliphatic carbocycles. The van der Waals surface area contributed by atoms with Crippen LogP contribution in [0, 0.1) is 5.92 Å². The summed E-state index contributed by atoms with van der Waals surface area (Å²) in [6, 6.07) is 3.24. The third-order valence-corrected chi connectivity index (χ3v) is 6.35. The molecule has 1 N–H and O–H groups in total. The minimum atomic E-state index is 0.734. The molecule has 20 heavy (non-hydrogen) atoms. The second-order valence-electron chi connectivity index (χ2n) is 7.30. The highest BCUT2D eigenvalue weighted by Gasteiger charge is 2.39. The molecule has 5 unspecified atom stereocenters. The molecular weight excluding hydrogens is 246 g/mol. The van der Waals surface area contributed by atoms with Crippen molar-refractivity contribution in [3.8, 4) is 0 Å². The van der Waals surface area contributed by atoms with Gasteiger partial charge in [0.1, 0.15) is 0 Å². The zero-order valence-electron chi connectivity index (χ0n) is 13.6. The van der Waals surface area contributed by atoms with Crippen LogP contribution in [0.15, 0.2) is 0 Å². The molecule has 116 valence electrons. The van der Waals surface area contributed by atoms with Crippen LogP contribution in [0.5, 0.6) is 0 Å². The molecule has 3 heteroatoms. The van der Waals surface area contributed by atoms with Crippen LogP contribution in [0.3, 0.4) is 0 Å². The molecule has 0 aromatic heterocycles. The summed E-state index contributed by atoms with van der Waals surface area (Å²) in [4.78, 5) is 5.60. The maximum atomic E-state index is 3.69. The van der Waals surface area contributed by atoms with E-state index in [2.05, 4.69) is 35.9 Å². The van der Waals surface area contributed by atoms with Crippen LogP contribution >= 0.6 is 0 Å². The standard InChI is InChI=1S/C17H33N3/c1-4-18-17-8-11-20(14(3)13(17)2)16-7-10-19-9-5-6-15(19)12-16/h13-18H,4-12H2,1-3H3. The van der Waals surface area contributed by atoms with Gasteiger partial charge in [-0.15, -0.1) is 0 Å². The van der Waals surface area contributed by atoms with Gasteiger partial charge in [-0.25, -0.2) is 0 Å². The number of piperidine rings is 2. The molecule has 0 aromatic carbocycles. The lowest BCUT2D eigenvalue weighted by Gasteiger charge is -2.49. The topological polar surface area (TPSA) is 18.5 Å². The maximum absolute atomic E-state index is 3.69. The fourth-order valence-corrected chi connectivity index (χ4v) is 4.96. The molecule has 0 saturated carbocycles. The Balaban J connectivity index is 1.60. The number of likely N-dealkylation sites (tertiary alicyclic amines) is 1. The molecule has 0 spiro atoms. The van der Waals surface area contributed by atoms with Gasteiger partial charge in [0, 0.05) is 30.7 Å². The van der Waals surface area contributed by atoms with E-state index in [1.165, 1.54) is 51.7 Å². The summed E-state index contributed by atoms with van der Waals surface area (Å²) in [6.45, 7) is 12.3. The van der Waals surface area contributed by atoms with Crippen LogP contribution in [0.2, 0.25) is 0 Å². The van der Waals surface area contributed by atoms with Gasteiger partial charge >= 0.3 is 0 Å². The van der Waals surface area contributed by atoms with Gasteiger partial charge in [-0.3, -0.25) is 4.90 Å². The normalized spacial score (nSPS) is 43.6. The Kier molecular flexibility index (Phi) is 4.68. The fraction of sp³-hybridized carbons (Fsp3) is 1.00. The monoisotopic (exact) mass is 279 g/mol. The van der Waals surface area contributed by atoms with Crippen molar-refractivity contribution in [2.75, 3.05) is 26.2 Å². The van der Waals surface area contributed by atoms with Crippen molar-refractivity contribution in [1.82, 2.24) is 15.1 Å². The number of nitrogens with one attached hydrogen (secondary N) is 1. The third kappa shape index (κ3) is 2.77. The lowest BCUT2D eigenvalue weighted by molar-refractivity contribution is 0.00987. The van der Waals surface area contributed by atoms with Crippen LogP contribution in [-0.4, -0.2) is 60.1 Å². The van der Waals surface area contributed by atoms with Gasteiger partial charge in [0.15, 0.2) is 0 Å². The first-order chi connectivity index (χ1) is 9.70. The first-order valence-corrected chi connectivity index (χ1v) is 8.94. The first kappa shape index (κ1) is 14.8. The van der Waals surface area contributed by atoms with E-state index in [0.717, 1.165) is 36.6 Å². The number of nitrogens with zero attached hydrogens (tertiary/aromatic N) is 2. The second kappa shape index (κ2) is 6.33. The molecule has 3 nitrogen and oxygen atoms in total. The van der Waals surface area contributed by atoms with Crippen molar-refractivity contribution in [1.29, 1.82) is 0 Å². The Bertz CT molecular complexity index is 319. The van der Waals surface area contributed by atoms with E-state index in [9.17, 15) is 0 Å². The van der Waals surface area contributed by atoms with Crippen LogP contribution in [0.1, 0.15) is 52.9 Å². The van der Waals surface area contributed by atoms with E-state index in [-0.39, 0.29) is 0 Å². The van der Waals surface area contributed by atoms with Crippen molar-refractivity contribution < 1.29 is 0 Å². The Morgan fingerprint density at radius 2 is 1.85 bits per heavy atom. The van der Waals surface area contributed by atoms with Crippen LogP contribution in [-0.2, 0) is 0 Å². The van der Waals surface area contributed by atoms with Crippen molar-refractivity contribution in [3.05, 3.63) is 0 Å². The summed E-state index contributed by atoms with van der Waals surface area (Å²) in [5.74, 6) is 0.783. The zero-order valence-corrected chi connectivity index (χ0v) is 13.6. The van der Waals surface area contributed by atoms with Gasteiger partial charge in [0.2, 0.25) is 0 Å². The van der Waals surface area contributed by atoms with Gasteiger partial charge in [-0.2, -0.15) is 0 Å². The number of hydrogen-bond donors (Lipinski definition) is 1. The van der Waals surface area contributed by atoms with E-state index in [0.29, 0.717) is 0 Å². The zero-order chi connectivity index (χ0) is 14.1. The second-order valence-corrected chi connectivity index (χ2v) is 7.30. The minimum Gasteiger partial charge on any atom is -0.314 e. The van der Waals surface area contributed by atoms with Crippen LogP contribution in [0.25, 0.3) is 0 Å². The van der Waals surface area contributed by atoms with Crippen molar-refractivity contribution in [3.63, 3.8) is 0 Å². The minimum absolute atomic E-state index is 0.734. The number of rotatable bonds is 3. The Labute approximate surface area is 125 Å². The molecule has 0 bridgehead atoms. The molecule has 0 radical (unpaired) electrons. The fourth-order valence-electron chi connectivity index (χ4n) is 4.96. The highest BCUT2D eigenvalue weighted by Crippen LogP contribution is 2.33. The highest BCUT2D eigenvalue weighted by atomic mass is 15.3. The van der Waals surface area contributed by atoms with Crippen molar-refractivity contribution >= 4 is 0 Å². The predicted octanol–water partition coefficient (Wildman–Crippen LogP) is 2.32. The van der Waals surface area contributed by atoms with E-state index >= 15 is 0 Å². The van der Waals surface area contributed by atoms with Gasteiger partial charge in [0.25, 0.3) is 0 Å². The molecule has 3 aliphatic heterocycles. The lowest BCUT2D eigenvalue weighted by Crippen LogP contribution is -2.58. The molecule has 3 fully saturated rings. The smallest absolute Gasteiger partial charge is 0.0125 e. The largest absolute Gasteiger partial charge is 0.314 e. The van der Waals surface area contributed by atoms with Gasteiger partial charge in [-0.1, -0.05) is 13.8 Å². The Morgan fingerprint density at radius 1 is 1.00 bits per heavy atom. The van der Waals surface area contributed by atoms with E-state index < -0.39 is 0 Å². The quantitative estimate of drug-likeness (QED) is 0.855. The summed E-state index contributed by atoms with van der Waals surface area (Å²) < 4.78 is 0. The van der Waals surface area contributed by atoms with E-state index in [4.69, 9.17) is 0 Å². The molecule has 5 atom stereocenters. The Hall–Kier alpha value is -0.120. The van der Waals surface area contributed by atoms with Crippen LogP contribution < -0.4 is 5.32 Å². The Morgan fingerprint density at radius 3 is 2.65 bits per heavy atom. The molecule has 3 rings (SSSR count). The highest BCUT2D eigenvalue weighted by molar-refractivity contribution is 4.96. The molecule has 0 aromatic rings. The average molecular weight is 279 g/mol. The molecule has 3 heterocycles. The summed E-state index contributed by atoms with van der Waals surface area (Å²) >= 11 is 0. The van der Waals surface area contributed by atoms with Crippen LogP contribution in [0.4, 0.5) is 0 Å². The number of hydrogen-bond acceptors (Lipinski definition) is 3. The predicted molar refractivity (Wildman–Crippen MR) is 85.0 cm³/mol. The number of fused-ring (bicyclic) bond motifs is 1. The van der Waals surface area contributed by atoms with Gasteiger partial charge in [0.05, 0.1) is 0 Å². The molecule has 3 saturated heterocycles. The third-order valence-electron chi connectivity index (χ3n) is 6.35. The van der Waals surface area contributed by atoms with Gasteiger partial charge in [-0.05, 0) is 64.6 Å². The van der Waals surface area contributed by atoms with E-state index in [1.807, 2.05) is 0 Å². The van der Waals surface area contributed by atoms with Crippen molar-refractivity contribution in [2.24, 2.45) is 5.92 Å². The summed E-state index contributed by atoms with van der Waals surface area (Å²) in [6.07, 6.45) is 7.06. The molecule has 0 amide bonds. The maximum Gasteiger partial charge on any atom is 0.0125 e. The molecular formula is C17H33N3. The first-order valence-electron chi connectivity index (χ1n) is 8.94. The average Bonchev–Trinajstić information content (AvgIpc) is 2.91. The van der Waals surface area contributed by atoms with Crippen molar-refractivity contribution in [2.45, 2.75) is 77.0 Å². The summed E-state index contributed by atoms with van der Waals surface area (Å²) in [5.41, 5.74) is 0.